The topological polar surface area (TPSA) is 90.5 Å². The number of aromatic nitrogens is 1. The molecule has 0 fully saturated rings. The van der Waals surface area contributed by atoms with Crippen molar-refractivity contribution >= 4 is 21.9 Å². The highest BCUT2D eigenvalue weighted by molar-refractivity contribution is 6.17. The average molecular weight is 544 g/mol. The number of nitrogens with zero attached hydrogens (tertiary/aromatic N) is 1. The van der Waals surface area contributed by atoms with Crippen molar-refractivity contribution in [1.29, 1.82) is 0 Å². The Labute approximate surface area is 230 Å². The molecule has 2 aromatic heterocycles. The molecule has 6 rings (SSSR count). The van der Waals surface area contributed by atoms with Gasteiger partial charge in [0.2, 0.25) is 0 Å². The molecule has 0 atom stereocenters. The van der Waals surface area contributed by atoms with E-state index in [1.54, 1.807) is 48.7 Å². The Balaban J connectivity index is 1.82. The summed E-state index contributed by atoms with van der Waals surface area (Å²) in [5.41, 5.74) is 5.04. The number of hydrogen-bond acceptors (Lipinski definition) is 8. The second kappa shape index (κ2) is 9.75. The van der Waals surface area contributed by atoms with E-state index in [1.807, 2.05) is 41.0 Å². The van der Waals surface area contributed by atoms with Crippen molar-refractivity contribution in [3.8, 4) is 56.9 Å². The Morgan fingerprint density at radius 2 is 1.30 bits per heavy atom. The number of ether oxygens (including phenoxy) is 6. The SMILES string of the molecule is COc1ccc(-c2c3n(c4c(=O)oc5cc(OC)c(OC)cc5c24)CCc2cc(OC)c(OC)cc2-3)cc1OC. The molecule has 0 aliphatic carbocycles. The lowest BCUT2D eigenvalue weighted by Crippen LogP contribution is -2.15. The summed E-state index contributed by atoms with van der Waals surface area (Å²) in [6.07, 6.45) is 0.696. The van der Waals surface area contributed by atoms with Crippen molar-refractivity contribution in [2.75, 3.05) is 42.7 Å². The molecule has 0 unspecified atom stereocenters. The predicted molar refractivity (Wildman–Crippen MR) is 152 cm³/mol. The molecule has 0 radical (unpaired) electrons. The summed E-state index contributed by atoms with van der Waals surface area (Å²) in [7, 11) is 9.56. The minimum Gasteiger partial charge on any atom is -0.493 e. The van der Waals surface area contributed by atoms with Crippen molar-refractivity contribution in [2.45, 2.75) is 13.0 Å². The molecule has 9 nitrogen and oxygen atoms in total. The minimum absolute atomic E-state index is 0.396. The molecule has 0 saturated carbocycles. The standard InChI is InChI=1S/C31H29NO8/c1-34-20-8-7-17(12-22(20)35-2)27-28-19-14-25(38-5)26(39-6)15-21(19)40-31(33)30(28)32-10-9-16-11-23(36-3)24(37-4)13-18(16)29(27)32/h7-8,11-15H,9-10H2,1-6H3. The molecular weight excluding hydrogens is 514 g/mol. The lowest BCUT2D eigenvalue weighted by atomic mass is 9.91. The molecule has 0 N–H and O–H groups in total. The fourth-order valence-corrected chi connectivity index (χ4v) is 5.74. The van der Waals surface area contributed by atoms with Gasteiger partial charge < -0.3 is 37.4 Å². The van der Waals surface area contributed by atoms with E-state index in [-0.39, 0.29) is 0 Å². The molecule has 0 amide bonds. The lowest BCUT2D eigenvalue weighted by Gasteiger charge is -2.23. The van der Waals surface area contributed by atoms with Gasteiger partial charge in [0, 0.05) is 34.5 Å². The van der Waals surface area contributed by atoms with Crippen LogP contribution in [-0.4, -0.2) is 47.2 Å². The fourth-order valence-electron chi connectivity index (χ4n) is 5.74. The Bertz CT molecular complexity index is 1850. The van der Waals surface area contributed by atoms with Gasteiger partial charge in [0.25, 0.3) is 0 Å². The van der Waals surface area contributed by atoms with Gasteiger partial charge in [-0.3, -0.25) is 0 Å². The summed E-state index contributed by atoms with van der Waals surface area (Å²) < 4.78 is 41.5. The van der Waals surface area contributed by atoms with Gasteiger partial charge in [-0.1, -0.05) is 6.07 Å². The maximum atomic E-state index is 13.7. The molecule has 5 aromatic rings. The van der Waals surface area contributed by atoms with E-state index in [0.29, 0.717) is 58.6 Å². The molecule has 0 saturated heterocycles. The lowest BCUT2D eigenvalue weighted by molar-refractivity contribution is 0.354. The summed E-state index contributed by atoms with van der Waals surface area (Å²) in [5, 5.41) is 1.47. The summed E-state index contributed by atoms with van der Waals surface area (Å²) >= 11 is 0. The van der Waals surface area contributed by atoms with Crippen LogP contribution in [0.2, 0.25) is 0 Å². The Morgan fingerprint density at radius 3 is 1.98 bits per heavy atom. The zero-order valence-electron chi connectivity index (χ0n) is 23.2. The van der Waals surface area contributed by atoms with Gasteiger partial charge in [-0.25, -0.2) is 4.79 Å². The summed E-state index contributed by atoms with van der Waals surface area (Å²) in [4.78, 5) is 13.7. The van der Waals surface area contributed by atoms with E-state index in [4.69, 9.17) is 32.8 Å². The number of rotatable bonds is 7. The second-order valence-electron chi connectivity index (χ2n) is 9.38. The van der Waals surface area contributed by atoms with E-state index < -0.39 is 5.63 Å². The molecule has 9 heteroatoms. The Hall–Kier alpha value is -4.79. The molecule has 3 aromatic carbocycles. The van der Waals surface area contributed by atoms with E-state index >= 15 is 0 Å². The maximum absolute atomic E-state index is 13.7. The number of benzene rings is 3. The van der Waals surface area contributed by atoms with Crippen molar-refractivity contribution in [3.05, 3.63) is 58.4 Å². The van der Waals surface area contributed by atoms with Crippen LogP contribution in [0.15, 0.2) is 51.7 Å². The van der Waals surface area contributed by atoms with E-state index in [1.165, 1.54) is 0 Å². The average Bonchev–Trinajstić information content (AvgIpc) is 3.35. The van der Waals surface area contributed by atoms with Crippen LogP contribution >= 0.6 is 0 Å². The third kappa shape index (κ3) is 3.65. The highest BCUT2D eigenvalue weighted by Gasteiger charge is 2.31. The number of fused-ring (bicyclic) bond motifs is 7. The maximum Gasteiger partial charge on any atom is 0.361 e. The summed E-state index contributed by atoms with van der Waals surface area (Å²) in [6.45, 7) is 0.575. The number of methoxy groups -OCH3 is 6. The fraction of sp³-hybridized carbons (Fsp3) is 0.258. The quantitative estimate of drug-likeness (QED) is 0.242. The monoisotopic (exact) mass is 543 g/mol. The number of hydrogen-bond donors (Lipinski definition) is 0. The summed E-state index contributed by atoms with van der Waals surface area (Å²) in [6, 6.07) is 13.3. The zero-order chi connectivity index (χ0) is 28.1. The second-order valence-corrected chi connectivity index (χ2v) is 9.38. The van der Waals surface area contributed by atoms with E-state index in [0.717, 1.165) is 38.7 Å². The van der Waals surface area contributed by atoms with Gasteiger partial charge >= 0.3 is 5.63 Å². The van der Waals surface area contributed by atoms with Gasteiger partial charge in [-0.05, 0) is 47.9 Å². The van der Waals surface area contributed by atoms with Crippen molar-refractivity contribution in [1.82, 2.24) is 4.57 Å². The van der Waals surface area contributed by atoms with Gasteiger partial charge in [0.1, 0.15) is 11.1 Å². The first kappa shape index (κ1) is 25.5. The third-order valence-electron chi connectivity index (χ3n) is 7.56. The smallest absolute Gasteiger partial charge is 0.361 e. The van der Waals surface area contributed by atoms with E-state index in [2.05, 4.69) is 0 Å². The van der Waals surface area contributed by atoms with Crippen LogP contribution in [0.3, 0.4) is 0 Å². The zero-order valence-corrected chi connectivity index (χ0v) is 23.2. The van der Waals surface area contributed by atoms with Crippen LogP contribution in [0.5, 0.6) is 34.5 Å². The highest BCUT2D eigenvalue weighted by atomic mass is 16.5. The van der Waals surface area contributed by atoms with Crippen LogP contribution in [0.4, 0.5) is 0 Å². The largest absolute Gasteiger partial charge is 0.493 e. The molecule has 3 heterocycles. The molecule has 1 aliphatic rings. The van der Waals surface area contributed by atoms with Crippen LogP contribution < -0.4 is 34.0 Å². The van der Waals surface area contributed by atoms with Crippen LogP contribution in [0, 0.1) is 0 Å². The van der Waals surface area contributed by atoms with Crippen LogP contribution in [0.1, 0.15) is 5.56 Å². The van der Waals surface area contributed by atoms with Gasteiger partial charge in [0.05, 0.1) is 48.4 Å². The van der Waals surface area contributed by atoms with Crippen molar-refractivity contribution < 1.29 is 32.8 Å². The van der Waals surface area contributed by atoms with Crippen LogP contribution in [-0.2, 0) is 13.0 Å². The molecule has 0 spiro atoms. The minimum atomic E-state index is -0.438. The molecule has 206 valence electrons. The highest BCUT2D eigenvalue weighted by Crippen LogP contribution is 2.50. The first-order valence-corrected chi connectivity index (χ1v) is 12.7. The van der Waals surface area contributed by atoms with Crippen molar-refractivity contribution in [3.63, 3.8) is 0 Å². The first-order valence-electron chi connectivity index (χ1n) is 12.7. The molecule has 0 bridgehead atoms. The number of aryl methyl sites for hydroxylation is 2. The van der Waals surface area contributed by atoms with Crippen molar-refractivity contribution in [2.24, 2.45) is 0 Å². The third-order valence-corrected chi connectivity index (χ3v) is 7.56. The Kier molecular flexibility index (Phi) is 6.21. The van der Waals surface area contributed by atoms with Gasteiger partial charge in [0.15, 0.2) is 34.5 Å². The molecular formula is C31H29NO8. The first-order chi connectivity index (χ1) is 19.5. The normalized spacial score (nSPS) is 12.2. The predicted octanol–water partition coefficient (Wildman–Crippen LogP) is 5.69. The van der Waals surface area contributed by atoms with Crippen LogP contribution in [0.25, 0.3) is 44.3 Å². The summed E-state index contributed by atoms with van der Waals surface area (Å²) in [5.74, 6) is 3.42. The molecule has 1 aliphatic heterocycles. The Morgan fingerprint density at radius 1 is 0.700 bits per heavy atom. The molecule has 40 heavy (non-hydrogen) atoms. The van der Waals surface area contributed by atoms with Gasteiger partial charge in [-0.15, -0.1) is 0 Å². The van der Waals surface area contributed by atoms with Gasteiger partial charge in [-0.2, -0.15) is 0 Å². The van der Waals surface area contributed by atoms with E-state index in [9.17, 15) is 4.79 Å².